The van der Waals surface area contributed by atoms with Crippen LogP contribution in [0.5, 0.6) is 0 Å². The topological polar surface area (TPSA) is 62.4 Å². The van der Waals surface area contributed by atoms with Crippen LogP contribution in [0.15, 0.2) is 42.6 Å². The SMILES string of the molecule is CCOC(=O)C1=CN(C(=O)c2ccc(F)c(F)c2)CCc2c1[nH]c1ccc(F)cc21. The Morgan fingerprint density at radius 3 is 2.63 bits per heavy atom. The number of fused-ring (bicyclic) bond motifs is 3. The average Bonchev–Trinajstić information content (AvgIpc) is 2.95. The molecule has 8 heteroatoms. The van der Waals surface area contributed by atoms with Crippen molar-refractivity contribution in [1.82, 2.24) is 9.88 Å². The molecule has 154 valence electrons. The van der Waals surface area contributed by atoms with E-state index in [-0.39, 0.29) is 24.3 Å². The van der Waals surface area contributed by atoms with Crippen LogP contribution in [0.2, 0.25) is 0 Å². The number of benzene rings is 2. The van der Waals surface area contributed by atoms with Crippen molar-refractivity contribution in [1.29, 1.82) is 0 Å². The van der Waals surface area contributed by atoms with Gasteiger partial charge in [-0.2, -0.15) is 0 Å². The van der Waals surface area contributed by atoms with Crippen LogP contribution < -0.4 is 0 Å². The maximum Gasteiger partial charge on any atom is 0.341 e. The summed E-state index contributed by atoms with van der Waals surface area (Å²) in [4.78, 5) is 29.9. The lowest BCUT2D eigenvalue weighted by molar-refractivity contribution is -0.136. The minimum absolute atomic E-state index is 0.0603. The van der Waals surface area contributed by atoms with Gasteiger partial charge in [-0.1, -0.05) is 0 Å². The molecule has 1 aliphatic heterocycles. The number of hydrogen-bond donors (Lipinski definition) is 1. The van der Waals surface area contributed by atoms with Crippen LogP contribution in [0, 0.1) is 17.5 Å². The van der Waals surface area contributed by atoms with E-state index >= 15 is 0 Å². The number of amides is 1. The van der Waals surface area contributed by atoms with E-state index in [0.29, 0.717) is 28.6 Å². The molecule has 1 aromatic heterocycles. The molecule has 0 atom stereocenters. The summed E-state index contributed by atoms with van der Waals surface area (Å²) in [7, 11) is 0. The molecule has 0 fully saturated rings. The highest BCUT2D eigenvalue weighted by Crippen LogP contribution is 2.32. The molecule has 30 heavy (non-hydrogen) atoms. The molecule has 3 aromatic rings. The number of ether oxygens (including phenoxy) is 1. The number of aromatic amines is 1. The lowest BCUT2D eigenvalue weighted by Gasteiger charge is -2.18. The Hall–Kier alpha value is -3.55. The minimum Gasteiger partial charge on any atom is -0.462 e. The Labute approximate surface area is 169 Å². The smallest absolute Gasteiger partial charge is 0.341 e. The van der Waals surface area contributed by atoms with Crippen molar-refractivity contribution in [2.45, 2.75) is 13.3 Å². The number of halogens is 3. The zero-order chi connectivity index (χ0) is 21.4. The second-order valence-electron chi connectivity index (χ2n) is 6.81. The number of aromatic nitrogens is 1. The first-order valence-corrected chi connectivity index (χ1v) is 9.34. The van der Waals surface area contributed by atoms with Gasteiger partial charge in [-0.3, -0.25) is 4.79 Å². The molecular formula is C22H17F3N2O3. The standard InChI is InChI=1S/C22H17F3N2O3/c1-2-30-22(29)16-11-27(21(28)12-3-5-17(24)18(25)9-12)8-7-14-15-10-13(23)4-6-19(15)26-20(14)16/h3-6,9-11,26H,2,7-8H2,1H3. The molecule has 2 heterocycles. The van der Waals surface area contributed by atoms with Gasteiger partial charge >= 0.3 is 5.97 Å². The van der Waals surface area contributed by atoms with Gasteiger partial charge in [0, 0.05) is 29.2 Å². The second kappa shape index (κ2) is 7.70. The molecule has 4 rings (SSSR count). The number of hydrogen-bond acceptors (Lipinski definition) is 3. The summed E-state index contributed by atoms with van der Waals surface area (Å²) in [6.07, 6.45) is 1.65. The zero-order valence-corrected chi connectivity index (χ0v) is 16.0. The molecule has 0 saturated heterocycles. The van der Waals surface area contributed by atoms with Gasteiger partial charge < -0.3 is 14.6 Å². The van der Waals surface area contributed by atoms with Crippen LogP contribution in [-0.2, 0) is 16.0 Å². The molecule has 1 amide bonds. The third-order valence-electron chi connectivity index (χ3n) is 4.95. The van der Waals surface area contributed by atoms with Crippen molar-refractivity contribution >= 4 is 28.4 Å². The normalized spacial score (nSPS) is 13.6. The number of rotatable bonds is 3. The summed E-state index contributed by atoms with van der Waals surface area (Å²) in [5.74, 6) is -3.89. The number of carbonyl (C=O) groups is 2. The van der Waals surface area contributed by atoms with E-state index in [2.05, 4.69) is 4.98 Å². The molecule has 0 radical (unpaired) electrons. The molecule has 0 aliphatic carbocycles. The van der Waals surface area contributed by atoms with Crippen LogP contribution in [0.25, 0.3) is 16.5 Å². The van der Waals surface area contributed by atoms with Gasteiger partial charge in [-0.25, -0.2) is 18.0 Å². The largest absolute Gasteiger partial charge is 0.462 e. The van der Waals surface area contributed by atoms with Crippen LogP contribution in [-0.4, -0.2) is 34.9 Å². The highest BCUT2D eigenvalue weighted by molar-refractivity contribution is 6.18. The van der Waals surface area contributed by atoms with E-state index in [4.69, 9.17) is 4.74 Å². The third kappa shape index (κ3) is 3.45. The van der Waals surface area contributed by atoms with E-state index in [1.807, 2.05) is 0 Å². The molecule has 1 aliphatic rings. The summed E-state index contributed by atoms with van der Waals surface area (Å²) >= 11 is 0. The fraction of sp³-hybridized carbons (Fsp3) is 0.182. The van der Waals surface area contributed by atoms with Gasteiger partial charge in [-0.05, 0) is 55.3 Å². The summed E-state index contributed by atoms with van der Waals surface area (Å²) < 4.78 is 45.8. The number of carbonyl (C=O) groups excluding carboxylic acids is 2. The Morgan fingerprint density at radius 2 is 1.90 bits per heavy atom. The molecule has 0 bridgehead atoms. The van der Waals surface area contributed by atoms with Crippen molar-refractivity contribution in [2.24, 2.45) is 0 Å². The highest BCUT2D eigenvalue weighted by atomic mass is 19.2. The Balaban J connectivity index is 1.80. The predicted octanol–water partition coefficient (Wildman–Crippen LogP) is 4.19. The van der Waals surface area contributed by atoms with E-state index < -0.39 is 29.3 Å². The van der Waals surface area contributed by atoms with Crippen molar-refractivity contribution in [3.05, 3.63) is 76.9 Å². The average molecular weight is 414 g/mol. The van der Waals surface area contributed by atoms with E-state index in [1.54, 1.807) is 13.0 Å². The van der Waals surface area contributed by atoms with Crippen LogP contribution in [0.4, 0.5) is 13.2 Å². The molecule has 5 nitrogen and oxygen atoms in total. The van der Waals surface area contributed by atoms with Crippen molar-refractivity contribution in [3.63, 3.8) is 0 Å². The Bertz CT molecular complexity index is 1200. The zero-order valence-electron chi connectivity index (χ0n) is 16.0. The van der Waals surface area contributed by atoms with Gasteiger partial charge in [0.2, 0.25) is 0 Å². The summed E-state index contributed by atoms with van der Waals surface area (Å²) in [6.45, 7) is 1.93. The predicted molar refractivity (Wildman–Crippen MR) is 104 cm³/mol. The molecular weight excluding hydrogens is 397 g/mol. The monoisotopic (exact) mass is 414 g/mol. The van der Waals surface area contributed by atoms with Crippen molar-refractivity contribution in [3.8, 4) is 0 Å². The second-order valence-corrected chi connectivity index (χ2v) is 6.81. The van der Waals surface area contributed by atoms with E-state index in [9.17, 15) is 22.8 Å². The Kier molecular flexibility index (Phi) is 5.07. The first kappa shape index (κ1) is 19.8. The van der Waals surface area contributed by atoms with Gasteiger partial charge in [0.1, 0.15) is 5.82 Å². The molecule has 1 N–H and O–H groups in total. The first-order chi connectivity index (χ1) is 14.4. The van der Waals surface area contributed by atoms with Crippen molar-refractivity contribution < 1.29 is 27.5 Å². The van der Waals surface area contributed by atoms with Gasteiger partial charge in [0.25, 0.3) is 5.91 Å². The maximum atomic E-state index is 13.8. The van der Waals surface area contributed by atoms with Crippen LogP contribution in [0.3, 0.4) is 0 Å². The number of nitrogens with zero attached hydrogens (tertiary/aromatic N) is 1. The molecule has 0 unspecified atom stereocenters. The summed E-state index contributed by atoms with van der Waals surface area (Å²) in [5.41, 5.74) is 1.79. The summed E-state index contributed by atoms with van der Waals surface area (Å²) in [5, 5.41) is 0.599. The number of esters is 1. The molecule has 0 spiro atoms. The number of H-pyrrole nitrogens is 1. The lowest BCUT2D eigenvalue weighted by atomic mass is 10.0. The minimum atomic E-state index is -1.14. The van der Waals surface area contributed by atoms with Gasteiger partial charge in [0.15, 0.2) is 11.6 Å². The summed E-state index contributed by atoms with van der Waals surface area (Å²) in [6, 6.07) is 7.10. The van der Waals surface area contributed by atoms with Crippen molar-refractivity contribution in [2.75, 3.05) is 13.2 Å². The lowest BCUT2D eigenvalue weighted by Crippen LogP contribution is -2.28. The molecule has 0 saturated carbocycles. The quantitative estimate of drug-likeness (QED) is 0.654. The third-order valence-corrected chi connectivity index (χ3v) is 4.95. The highest BCUT2D eigenvalue weighted by Gasteiger charge is 2.28. The van der Waals surface area contributed by atoms with Gasteiger partial charge in [-0.15, -0.1) is 0 Å². The maximum absolute atomic E-state index is 13.8. The van der Waals surface area contributed by atoms with E-state index in [0.717, 1.165) is 12.1 Å². The first-order valence-electron chi connectivity index (χ1n) is 9.34. The van der Waals surface area contributed by atoms with Gasteiger partial charge in [0.05, 0.1) is 17.9 Å². The van der Waals surface area contributed by atoms with Crippen LogP contribution in [0.1, 0.15) is 28.5 Å². The van der Waals surface area contributed by atoms with Crippen LogP contribution >= 0.6 is 0 Å². The number of nitrogens with one attached hydrogen (secondary N) is 1. The Morgan fingerprint density at radius 1 is 1.10 bits per heavy atom. The van der Waals surface area contributed by atoms with E-state index in [1.165, 1.54) is 29.3 Å². The fourth-order valence-electron chi connectivity index (χ4n) is 3.55. The molecule has 2 aromatic carbocycles. The fourth-order valence-corrected chi connectivity index (χ4v) is 3.55.